The summed E-state index contributed by atoms with van der Waals surface area (Å²) in [6, 6.07) is 9.36. The molecule has 0 atom stereocenters. The standard InChI is InChI=1S/C23H27N5O4/c1-3-5-13-28-19(24)17(20(29)26-23(28)31)27(4-2)22(30)16-18(14-11-12-14)32-21(25-16)15-9-7-6-8-10-15/h6-10,14H,3-5,11-13,24H2,1-2H3,(H,26,29,31). The van der Waals surface area contributed by atoms with Crippen LogP contribution in [-0.2, 0) is 6.54 Å². The molecular weight excluding hydrogens is 410 g/mol. The molecule has 0 aliphatic heterocycles. The van der Waals surface area contributed by atoms with Crippen molar-refractivity contribution < 1.29 is 9.21 Å². The molecule has 1 fully saturated rings. The van der Waals surface area contributed by atoms with Gasteiger partial charge in [-0.2, -0.15) is 0 Å². The highest BCUT2D eigenvalue weighted by molar-refractivity contribution is 6.07. The lowest BCUT2D eigenvalue weighted by Crippen LogP contribution is -2.41. The van der Waals surface area contributed by atoms with Crippen LogP contribution in [0, 0.1) is 0 Å². The molecule has 1 amide bonds. The minimum absolute atomic E-state index is 0.0258. The lowest BCUT2D eigenvalue weighted by molar-refractivity contribution is 0.0981. The number of oxazole rings is 1. The van der Waals surface area contributed by atoms with E-state index in [0.29, 0.717) is 24.6 Å². The van der Waals surface area contributed by atoms with Gasteiger partial charge in [0, 0.05) is 24.6 Å². The van der Waals surface area contributed by atoms with Crippen LogP contribution in [0.4, 0.5) is 11.5 Å². The maximum Gasteiger partial charge on any atom is 0.330 e. The number of aromatic nitrogens is 3. The van der Waals surface area contributed by atoms with E-state index in [2.05, 4.69) is 9.97 Å². The number of anilines is 2. The summed E-state index contributed by atoms with van der Waals surface area (Å²) in [5, 5.41) is 0. The Morgan fingerprint density at radius 3 is 2.59 bits per heavy atom. The molecule has 0 radical (unpaired) electrons. The number of rotatable bonds is 8. The lowest BCUT2D eigenvalue weighted by Gasteiger charge is -2.22. The van der Waals surface area contributed by atoms with Crippen molar-refractivity contribution in [3.63, 3.8) is 0 Å². The average molecular weight is 438 g/mol. The summed E-state index contributed by atoms with van der Waals surface area (Å²) in [4.78, 5) is 46.6. The van der Waals surface area contributed by atoms with Crippen LogP contribution in [0.25, 0.3) is 11.5 Å². The molecule has 1 aliphatic rings. The summed E-state index contributed by atoms with van der Waals surface area (Å²) in [6.07, 6.45) is 3.40. The van der Waals surface area contributed by atoms with Crippen molar-refractivity contribution in [3.8, 4) is 11.5 Å². The summed E-state index contributed by atoms with van der Waals surface area (Å²) in [7, 11) is 0. The molecule has 0 unspecified atom stereocenters. The number of benzene rings is 1. The first-order chi connectivity index (χ1) is 15.5. The van der Waals surface area contributed by atoms with E-state index in [4.69, 9.17) is 10.2 Å². The number of carbonyl (C=O) groups excluding carboxylic acids is 1. The Labute approximate surface area is 184 Å². The van der Waals surface area contributed by atoms with E-state index < -0.39 is 17.2 Å². The monoisotopic (exact) mass is 437 g/mol. The fourth-order valence-electron chi connectivity index (χ4n) is 3.72. The molecule has 1 aromatic carbocycles. The van der Waals surface area contributed by atoms with Crippen molar-refractivity contribution in [2.45, 2.75) is 52.0 Å². The number of hydrogen-bond acceptors (Lipinski definition) is 6. The minimum Gasteiger partial charge on any atom is -0.440 e. The second kappa shape index (κ2) is 8.86. The normalized spacial score (nSPS) is 13.3. The van der Waals surface area contributed by atoms with Gasteiger partial charge >= 0.3 is 5.69 Å². The number of nitrogens with one attached hydrogen (secondary N) is 1. The Kier molecular flexibility index (Phi) is 5.98. The van der Waals surface area contributed by atoms with Gasteiger partial charge in [-0.25, -0.2) is 9.78 Å². The highest BCUT2D eigenvalue weighted by atomic mass is 16.4. The summed E-state index contributed by atoms with van der Waals surface area (Å²) >= 11 is 0. The van der Waals surface area contributed by atoms with Crippen LogP contribution in [0.2, 0.25) is 0 Å². The van der Waals surface area contributed by atoms with Crippen molar-refractivity contribution in [2.24, 2.45) is 0 Å². The van der Waals surface area contributed by atoms with E-state index in [-0.39, 0.29) is 29.7 Å². The molecule has 3 aromatic rings. The van der Waals surface area contributed by atoms with Gasteiger partial charge in [-0.15, -0.1) is 0 Å². The molecule has 0 saturated heterocycles. The molecule has 4 rings (SSSR count). The minimum atomic E-state index is -0.699. The molecule has 2 heterocycles. The van der Waals surface area contributed by atoms with Crippen molar-refractivity contribution in [3.05, 3.63) is 62.6 Å². The summed E-state index contributed by atoms with van der Waals surface area (Å²) in [5.41, 5.74) is 5.85. The third-order valence-electron chi connectivity index (χ3n) is 5.61. The van der Waals surface area contributed by atoms with Gasteiger partial charge in [0.25, 0.3) is 11.5 Å². The first-order valence-corrected chi connectivity index (χ1v) is 11.0. The van der Waals surface area contributed by atoms with E-state index in [0.717, 1.165) is 24.8 Å². The lowest BCUT2D eigenvalue weighted by atomic mass is 10.2. The van der Waals surface area contributed by atoms with Crippen LogP contribution in [0.15, 0.2) is 44.3 Å². The van der Waals surface area contributed by atoms with Crippen molar-refractivity contribution >= 4 is 17.4 Å². The van der Waals surface area contributed by atoms with Crippen molar-refractivity contribution in [1.29, 1.82) is 0 Å². The van der Waals surface area contributed by atoms with Gasteiger partial charge in [-0.1, -0.05) is 31.5 Å². The maximum absolute atomic E-state index is 13.6. The quantitative estimate of drug-likeness (QED) is 0.557. The number of nitrogen functional groups attached to an aromatic ring is 1. The Morgan fingerprint density at radius 2 is 1.97 bits per heavy atom. The SMILES string of the molecule is CCCCn1c(N)c(N(CC)C(=O)c2nc(-c3ccccc3)oc2C2CC2)c(=O)[nH]c1=O. The summed E-state index contributed by atoms with van der Waals surface area (Å²) < 4.78 is 7.30. The molecule has 1 saturated carbocycles. The molecular formula is C23H27N5O4. The first-order valence-electron chi connectivity index (χ1n) is 11.0. The number of carbonyl (C=O) groups is 1. The van der Waals surface area contributed by atoms with E-state index in [1.165, 1.54) is 9.47 Å². The molecule has 9 heteroatoms. The Bertz CT molecular complexity index is 1240. The van der Waals surface area contributed by atoms with Crippen LogP contribution in [0.5, 0.6) is 0 Å². The van der Waals surface area contributed by atoms with Crippen LogP contribution < -0.4 is 21.9 Å². The van der Waals surface area contributed by atoms with E-state index in [1.807, 2.05) is 37.3 Å². The van der Waals surface area contributed by atoms with Gasteiger partial charge in [-0.05, 0) is 38.3 Å². The third kappa shape index (κ3) is 3.98. The number of H-pyrrole nitrogens is 1. The molecule has 1 aliphatic carbocycles. The Hall–Kier alpha value is -3.62. The van der Waals surface area contributed by atoms with E-state index >= 15 is 0 Å². The number of hydrogen-bond donors (Lipinski definition) is 2. The van der Waals surface area contributed by atoms with Gasteiger partial charge < -0.3 is 10.2 Å². The largest absolute Gasteiger partial charge is 0.440 e. The van der Waals surface area contributed by atoms with Crippen LogP contribution in [0.1, 0.15) is 61.7 Å². The maximum atomic E-state index is 13.6. The zero-order valence-corrected chi connectivity index (χ0v) is 18.3. The molecule has 32 heavy (non-hydrogen) atoms. The molecule has 9 nitrogen and oxygen atoms in total. The predicted molar refractivity (Wildman–Crippen MR) is 122 cm³/mol. The highest BCUT2D eigenvalue weighted by Crippen LogP contribution is 2.43. The zero-order valence-electron chi connectivity index (χ0n) is 18.3. The van der Waals surface area contributed by atoms with Gasteiger partial charge in [0.1, 0.15) is 11.6 Å². The number of nitrogens with zero attached hydrogens (tertiary/aromatic N) is 3. The molecule has 3 N–H and O–H groups in total. The average Bonchev–Trinajstić information content (AvgIpc) is 3.54. The van der Waals surface area contributed by atoms with Gasteiger partial charge in [0.05, 0.1) is 0 Å². The summed E-state index contributed by atoms with van der Waals surface area (Å²) in [6.45, 7) is 4.26. The van der Waals surface area contributed by atoms with E-state index in [1.54, 1.807) is 6.92 Å². The number of amides is 1. The summed E-state index contributed by atoms with van der Waals surface area (Å²) in [5.74, 6) is 0.524. The number of unbranched alkanes of at least 4 members (excludes halogenated alkanes) is 1. The number of aromatic amines is 1. The van der Waals surface area contributed by atoms with Crippen molar-refractivity contribution in [2.75, 3.05) is 17.2 Å². The highest BCUT2D eigenvalue weighted by Gasteiger charge is 2.36. The molecule has 0 spiro atoms. The Balaban J connectivity index is 1.78. The van der Waals surface area contributed by atoms with Crippen LogP contribution in [-0.4, -0.2) is 27.0 Å². The number of nitrogens with two attached hydrogens (primary N) is 1. The smallest absolute Gasteiger partial charge is 0.330 e. The molecule has 0 bridgehead atoms. The van der Waals surface area contributed by atoms with Gasteiger partial charge in [0.15, 0.2) is 11.4 Å². The molecule has 2 aromatic heterocycles. The topological polar surface area (TPSA) is 127 Å². The fraction of sp³-hybridized carbons (Fsp3) is 0.391. The molecule has 168 valence electrons. The fourth-order valence-corrected chi connectivity index (χ4v) is 3.72. The first kappa shape index (κ1) is 21.6. The van der Waals surface area contributed by atoms with E-state index in [9.17, 15) is 14.4 Å². The van der Waals surface area contributed by atoms with Crippen LogP contribution >= 0.6 is 0 Å². The predicted octanol–water partition coefficient (Wildman–Crippen LogP) is 3.12. The second-order valence-corrected chi connectivity index (χ2v) is 7.92. The zero-order chi connectivity index (χ0) is 22.8. The Morgan fingerprint density at radius 1 is 1.25 bits per heavy atom. The van der Waals surface area contributed by atoms with Crippen molar-refractivity contribution in [1.82, 2.24) is 14.5 Å². The van der Waals surface area contributed by atoms with Crippen LogP contribution in [0.3, 0.4) is 0 Å². The second-order valence-electron chi connectivity index (χ2n) is 7.92. The van der Waals surface area contributed by atoms with Gasteiger partial charge in [-0.3, -0.25) is 24.0 Å². The van der Waals surface area contributed by atoms with Gasteiger partial charge in [0.2, 0.25) is 5.89 Å². The third-order valence-corrected chi connectivity index (χ3v) is 5.61.